The van der Waals surface area contributed by atoms with Crippen LogP contribution in [-0.4, -0.2) is 0 Å². The first-order valence-corrected chi connectivity index (χ1v) is 2.00. The minimum absolute atomic E-state index is 0. The molecule has 0 bridgehead atoms. The van der Waals surface area contributed by atoms with Gasteiger partial charge >= 0.3 is 0 Å². The first-order valence-electron chi connectivity index (χ1n) is 2.00. The van der Waals surface area contributed by atoms with E-state index in [9.17, 15) is 0 Å². The van der Waals surface area contributed by atoms with Gasteiger partial charge in [0.25, 0.3) is 0 Å². The van der Waals surface area contributed by atoms with Crippen molar-refractivity contribution in [1.82, 2.24) is 0 Å². The molecule has 0 aliphatic heterocycles. The SMILES string of the molecule is P.[Zn].c1ccccc1. The zero-order chi connectivity index (χ0) is 4.24. The zero-order valence-electron chi connectivity index (χ0n) is 4.88. The van der Waals surface area contributed by atoms with E-state index < -0.39 is 0 Å². The Hall–Kier alpha value is 0.273. The Labute approximate surface area is 66.1 Å². The first kappa shape index (κ1) is 11.1. The third kappa shape index (κ3) is 4.43. The van der Waals surface area contributed by atoms with Crippen LogP contribution in [0.4, 0.5) is 0 Å². The van der Waals surface area contributed by atoms with E-state index in [2.05, 4.69) is 0 Å². The molecule has 0 saturated heterocycles. The molecule has 1 unspecified atom stereocenters. The standard InChI is InChI=1S/C6H6.H3P.Zn/c1-2-4-6-5-3-1;;/h1-6H;1H3;. The summed E-state index contributed by atoms with van der Waals surface area (Å²) in [5.41, 5.74) is 0. The van der Waals surface area contributed by atoms with Crippen molar-refractivity contribution < 1.29 is 19.5 Å². The second-order valence-corrected chi connectivity index (χ2v) is 1.15. The zero-order valence-corrected chi connectivity index (χ0v) is 9.26. The molecule has 0 aliphatic rings. The number of rotatable bonds is 0. The van der Waals surface area contributed by atoms with Crippen molar-refractivity contribution in [2.24, 2.45) is 0 Å². The van der Waals surface area contributed by atoms with E-state index in [-0.39, 0.29) is 29.4 Å². The predicted octanol–water partition coefficient (Wildman–Crippen LogP) is 1.74. The Morgan fingerprint density at radius 3 is 0.750 bits per heavy atom. The van der Waals surface area contributed by atoms with E-state index in [0.717, 1.165) is 0 Å². The van der Waals surface area contributed by atoms with Crippen molar-refractivity contribution in [1.29, 1.82) is 0 Å². The maximum Gasteiger partial charge on any atom is 0 e. The fraction of sp³-hybridized carbons (Fsp3) is 0. The van der Waals surface area contributed by atoms with Gasteiger partial charge in [0.15, 0.2) is 0 Å². The molecule has 0 fully saturated rings. The van der Waals surface area contributed by atoms with Gasteiger partial charge in [-0.1, -0.05) is 36.4 Å². The first-order chi connectivity index (χ1) is 3.00. The van der Waals surface area contributed by atoms with Crippen LogP contribution in [0.25, 0.3) is 0 Å². The second kappa shape index (κ2) is 7.27. The molecule has 1 atom stereocenters. The van der Waals surface area contributed by atoms with Crippen LogP contribution in [0.15, 0.2) is 36.4 Å². The molecular weight excluding hydrogens is 168 g/mol. The van der Waals surface area contributed by atoms with E-state index in [1.54, 1.807) is 0 Å². The van der Waals surface area contributed by atoms with Crippen LogP contribution in [0.3, 0.4) is 0 Å². The number of benzene rings is 1. The van der Waals surface area contributed by atoms with Gasteiger partial charge in [0.05, 0.1) is 0 Å². The molecular formula is C6H9PZn. The van der Waals surface area contributed by atoms with Crippen molar-refractivity contribution in [2.75, 3.05) is 0 Å². The Balaban J connectivity index is 0. The van der Waals surface area contributed by atoms with Crippen molar-refractivity contribution in [2.45, 2.75) is 0 Å². The second-order valence-electron chi connectivity index (χ2n) is 1.15. The summed E-state index contributed by atoms with van der Waals surface area (Å²) in [6.07, 6.45) is 0. The molecule has 0 nitrogen and oxygen atoms in total. The number of hydrogen-bond acceptors (Lipinski definition) is 0. The van der Waals surface area contributed by atoms with Gasteiger partial charge in [-0.2, -0.15) is 9.90 Å². The molecule has 0 N–H and O–H groups in total. The van der Waals surface area contributed by atoms with Crippen molar-refractivity contribution in [3.05, 3.63) is 36.4 Å². The normalized spacial score (nSPS) is 6.00. The van der Waals surface area contributed by atoms with Crippen LogP contribution < -0.4 is 0 Å². The summed E-state index contributed by atoms with van der Waals surface area (Å²) in [5, 5.41) is 0. The molecule has 0 radical (unpaired) electrons. The van der Waals surface area contributed by atoms with Gasteiger partial charge in [0.1, 0.15) is 0 Å². The van der Waals surface area contributed by atoms with E-state index in [1.807, 2.05) is 36.4 Å². The molecule has 0 amide bonds. The third-order valence-electron chi connectivity index (χ3n) is 0.667. The molecule has 40 valence electrons. The molecule has 0 heterocycles. The van der Waals surface area contributed by atoms with Gasteiger partial charge in [-0.25, -0.2) is 0 Å². The molecule has 2 heteroatoms. The Morgan fingerprint density at radius 1 is 0.500 bits per heavy atom. The van der Waals surface area contributed by atoms with Gasteiger partial charge in [-0.15, -0.1) is 0 Å². The van der Waals surface area contributed by atoms with Crippen LogP contribution in [-0.2, 0) is 19.5 Å². The van der Waals surface area contributed by atoms with Gasteiger partial charge in [0.2, 0.25) is 0 Å². The minimum atomic E-state index is 0. The van der Waals surface area contributed by atoms with Crippen LogP contribution >= 0.6 is 9.90 Å². The summed E-state index contributed by atoms with van der Waals surface area (Å²) >= 11 is 0. The topological polar surface area (TPSA) is 0 Å². The molecule has 0 saturated carbocycles. The summed E-state index contributed by atoms with van der Waals surface area (Å²) < 4.78 is 0. The van der Waals surface area contributed by atoms with E-state index in [1.165, 1.54) is 0 Å². The van der Waals surface area contributed by atoms with Crippen molar-refractivity contribution in [3.63, 3.8) is 0 Å². The fourth-order valence-electron chi connectivity index (χ4n) is 0.385. The summed E-state index contributed by atoms with van der Waals surface area (Å²) in [5.74, 6) is 0. The Kier molecular flexibility index (Phi) is 10.1. The fourth-order valence-corrected chi connectivity index (χ4v) is 0.385. The maximum absolute atomic E-state index is 2.00. The average Bonchev–Trinajstić information content (AvgIpc) is 1.72. The van der Waals surface area contributed by atoms with Gasteiger partial charge in [0, 0.05) is 19.5 Å². The summed E-state index contributed by atoms with van der Waals surface area (Å²) in [6, 6.07) is 12.0. The molecule has 0 aliphatic carbocycles. The summed E-state index contributed by atoms with van der Waals surface area (Å²) in [6.45, 7) is 0. The van der Waals surface area contributed by atoms with Crippen LogP contribution in [0.1, 0.15) is 0 Å². The van der Waals surface area contributed by atoms with E-state index in [0.29, 0.717) is 0 Å². The predicted molar refractivity (Wildman–Crippen MR) is 37.5 cm³/mol. The van der Waals surface area contributed by atoms with Crippen molar-refractivity contribution in [3.8, 4) is 0 Å². The van der Waals surface area contributed by atoms with Crippen LogP contribution in [0, 0.1) is 0 Å². The monoisotopic (exact) mass is 176 g/mol. The molecule has 8 heavy (non-hydrogen) atoms. The van der Waals surface area contributed by atoms with Gasteiger partial charge in [-0.05, 0) is 0 Å². The van der Waals surface area contributed by atoms with Crippen LogP contribution in [0.2, 0.25) is 0 Å². The molecule has 1 aromatic rings. The quantitative estimate of drug-likeness (QED) is 0.418. The smallest absolute Gasteiger partial charge is 0 e. The van der Waals surface area contributed by atoms with E-state index in [4.69, 9.17) is 0 Å². The molecule has 0 spiro atoms. The molecule has 1 rings (SSSR count). The number of hydrogen-bond donors (Lipinski definition) is 0. The van der Waals surface area contributed by atoms with E-state index >= 15 is 0 Å². The summed E-state index contributed by atoms with van der Waals surface area (Å²) in [7, 11) is 0. The maximum atomic E-state index is 2.00. The van der Waals surface area contributed by atoms with Gasteiger partial charge in [-0.3, -0.25) is 0 Å². The Morgan fingerprint density at radius 2 is 0.625 bits per heavy atom. The minimum Gasteiger partial charge on any atom is -0.153 e. The molecule has 1 aromatic carbocycles. The Bertz CT molecular complexity index is 80.5. The average molecular weight is 178 g/mol. The third-order valence-corrected chi connectivity index (χ3v) is 0.667. The van der Waals surface area contributed by atoms with Crippen LogP contribution in [0.5, 0.6) is 0 Å². The van der Waals surface area contributed by atoms with Crippen molar-refractivity contribution >= 4 is 9.90 Å². The largest absolute Gasteiger partial charge is 0.153 e. The summed E-state index contributed by atoms with van der Waals surface area (Å²) in [4.78, 5) is 0. The van der Waals surface area contributed by atoms with Gasteiger partial charge < -0.3 is 0 Å². The molecule has 0 aromatic heterocycles.